The minimum atomic E-state index is -4.38. The van der Waals surface area contributed by atoms with Crippen LogP contribution in [0.25, 0.3) is 0 Å². The molecule has 2 saturated carbocycles. The van der Waals surface area contributed by atoms with Crippen LogP contribution in [0.1, 0.15) is 75.1 Å². The summed E-state index contributed by atoms with van der Waals surface area (Å²) in [4.78, 5) is 12.5. The number of halogens is 3. The third kappa shape index (κ3) is 7.14. The molecule has 2 aliphatic carbocycles. The second-order valence-corrected chi connectivity index (χ2v) is 10.6. The molecule has 2 unspecified atom stereocenters. The summed E-state index contributed by atoms with van der Waals surface area (Å²) < 4.78 is 43.2. The zero-order valence-corrected chi connectivity index (χ0v) is 19.3. The number of benzene rings is 1. The first kappa shape index (κ1) is 24.9. The number of hydrogen-bond donors (Lipinski definition) is 1. The Morgan fingerprint density at radius 2 is 1.81 bits per heavy atom. The second-order valence-electron chi connectivity index (χ2n) is 9.49. The number of thioether (sulfide) groups is 1. The number of hydrogen-bond acceptors (Lipinski definition) is 4. The Morgan fingerprint density at radius 1 is 1.16 bits per heavy atom. The van der Waals surface area contributed by atoms with E-state index in [0.29, 0.717) is 17.9 Å². The first-order valence-electron chi connectivity index (χ1n) is 11.3. The van der Waals surface area contributed by atoms with E-state index in [9.17, 15) is 23.2 Å². The van der Waals surface area contributed by atoms with Gasteiger partial charge >= 0.3 is 5.51 Å². The molecule has 3 rings (SSSR count). The van der Waals surface area contributed by atoms with Crippen LogP contribution in [0.4, 0.5) is 13.2 Å². The molecule has 2 fully saturated rings. The van der Waals surface area contributed by atoms with Crippen LogP contribution in [0.3, 0.4) is 0 Å². The molecule has 32 heavy (non-hydrogen) atoms. The van der Waals surface area contributed by atoms with Gasteiger partial charge in [-0.25, -0.2) is 0 Å². The van der Waals surface area contributed by atoms with Crippen molar-refractivity contribution in [3.63, 3.8) is 0 Å². The van der Waals surface area contributed by atoms with Crippen LogP contribution in [-0.4, -0.2) is 30.2 Å². The van der Waals surface area contributed by atoms with Crippen molar-refractivity contribution in [2.75, 3.05) is 13.2 Å². The van der Waals surface area contributed by atoms with Gasteiger partial charge in [0.2, 0.25) is 0 Å². The highest BCUT2D eigenvalue weighted by Crippen LogP contribution is 2.48. The van der Waals surface area contributed by atoms with Gasteiger partial charge in [-0.3, -0.25) is 4.79 Å². The molecule has 1 amide bonds. The summed E-state index contributed by atoms with van der Waals surface area (Å²) in [6.45, 7) is 2.24. The normalized spacial score (nSPS) is 22.7. The molecule has 1 aromatic rings. The Kier molecular flexibility index (Phi) is 8.16. The summed E-state index contributed by atoms with van der Waals surface area (Å²) in [7, 11) is 0. The van der Waals surface area contributed by atoms with Crippen molar-refractivity contribution in [2.45, 2.75) is 80.7 Å². The Bertz CT molecular complexity index is 816. The van der Waals surface area contributed by atoms with Crippen LogP contribution in [0.5, 0.6) is 0 Å². The molecular formula is C24H31F3N2O2S. The van der Waals surface area contributed by atoms with Gasteiger partial charge in [0, 0.05) is 17.1 Å². The summed E-state index contributed by atoms with van der Waals surface area (Å²) in [5.41, 5.74) is -4.84. The summed E-state index contributed by atoms with van der Waals surface area (Å²) in [5.74, 6) is -0.0360. The van der Waals surface area contributed by atoms with E-state index in [-0.39, 0.29) is 28.8 Å². The predicted molar refractivity (Wildman–Crippen MR) is 118 cm³/mol. The number of carbonyl (C=O) groups excluding carboxylic acids is 1. The zero-order valence-electron chi connectivity index (χ0n) is 18.5. The van der Waals surface area contributed by atoms with Crippen molar-refractivity contribution < 1.29 is 22.7 Å². The maximum Gasteiger partial charge on any atom is 0.446 e. The van der Waals surface area contributed by atoms with Crippen molar-refractivity contribution in [1.29, 1.82) is 5.26 Å². The molecule has 0 heterocycles. The van der Waals surface area contributed by atoms with Crippen LogP contribution in [-0.2, 0) is 4.74 Å². The Labute approximate surface area is 192 Å². The van der Waals surface area contributed by atoms with Gasteiger partial charge in [0.05, 0.1) is 12.7 Å². The van der Waals surface area contributed by atoms with Crippen LogP contribution >= 0.6 is 11.8 Å². The van der Waals surface area contributed by atoms with E-state index in [1.165, 1.54) is 69.2 Å². The van der Waals surface area contributed by atoms with Crippen LogP contribution < -0.4 is 5.32 Å². The zero-order chi connectivity index (χ0) is 23.2. The van der Waals surface area contributed by atoms with Gasteiger partial charge in [-0.2, -0.15) is 18.4 Å². The van der Waals surface area contributed by atoms with Gasteiger partial charge < -0.3 is 10.1 Å². The second kappa shape index (κ2) is 10.5. The van der Waals surface area contributed by atoms with Crippen LogP contribution in [0, 0.1) is 22.7 Å². The smallest absolute Gasteiger partial charge is 0.378 e. The van der Waals surface area contributed by atoms with Crippen LogP contribution in [0.2, 0.25) is 0 Å². The fourth-order valence-corrected chi connectivity index (χ4v) is 5.53. The minimum absolute atomic E-state index is 0.00297. The first-order chi connectivity index (χ1) is 15.1. The molecule has 1 spiro atoms. The average Bonchev–Trinajstić information content (AvgIpc) is 3.10. The number of nitrogens with zero attached hydrogens (tertiary/aromatic N) is 1. The van der Waals surface area contributed by atoms with Gasteiger partial charge in [-0.05, 0) is 92.8 Å². The molecule has 0 radical (unpaired) electrons. The molecule has 1 N–H and O–H groups in total. The predicted octanol–water partition coefficient (Wildman–Crippen LogP) is 6.47. The van der Waals surface area contributed by atoms with E-state index < -0.39 is 17.0 Å². The summed E-state index contributed by atoms with van der Waals surface area (Å²) in [6.07, 6.45) is 11.5. The molecule has 1 aromatic carbocycles. The number of nitrogens with one attached hydrogen (secondary N) is 1. The van der Waals surface area contributed by atoms with Gasteiger partial charge in [0.15, 0.2) is 0 Å². The number of carbonyl (C=O) groups is 1. The lowest BCUT2D eigenvalue weighted by Crippen LogP contribution is -2.48. The lowest BCUT2D eigenvalue weighted by Gasteiger charge is -2.27. The molecule has 4 nitrogen and oxygen atoms in total. The van der Waals surface area contributed by atoms with Crippen molar-refractivity contribution >= 4 is 17.7 Å². The number of alkyl halides is 3. The van der Waals surface area contributed by atoms with Gasteiger partial charge in [-0.1, -0.05) is 19.3 Å². The fourth-order valence-electron chi connectivity index (χ4n) is 4.99. The lowest BCUT2D eigenvalue weighted by molar-refractivity contribution is -0.0328. The van der Waals surface area contributed by atoms with E-state index in [1.54, 1.807) is 6.92 Å². The maximum atomic E-state index is 12.5. The fraction of sp³-hybridized carbons (Fsp3) is 0.667. The summed E-state index contributed by atoms with van der Waals surface area (Å²) >= 11 is -0.233. The molecule has 8 heteroatoms. The standard InChI is InChI=1S/C24H31F3N2O2S/c1-22(16-28,29-21(30)19-6-8-20(9-7-19)32-24(25,26)27)17-31-15-18-5-4-13-23(14-10-18)11-2-3-12-23/h6-9,18H,2-5,10-15,17H2,1H3,(H,29,30). The highest BCUT2D eigenvalue weighted by molar-refractivity contribution is 8.00. The Hall–Kier alpha value is -1.72. The third-order valence-corrected chi connectivity index (χ3v) is 7.54. The van der Waals surface area contributed by atoms with E-state index >= 15 is 0 Å². The Balaban J connectivity index is 1.47. The van der Waals surface area contributed by atoms with Crippen molar-refractivity contribution in [2.24, 2.45) is 11.3 Å². The average molecular weight is 469 g/mol. The largest absolute Gasteiger partial charge is 0.446 e. The van der Waals surface area contributed by atoms with E-state index in [4.69, 9.17) is 4.74 Å². The van der Waals surface area contributed by atoms with Crippen molar-refractivity contribution in [1.82, 2.24) is 5.32 Å². The molecule has 0 saturated heterocycles. The molecular weight excluding hydrogens is 437 g/mol. The highest BCUT2D eigenvalue weighted by atomic mass is 32.2. The maximum absolute atomic E-state index is 12.5. The lowest BCUT2D eigenvalue weighted by atomic mass is 9.79. The van der Waals surface area contributed by atoms with Gasteiger partial charge in [0.1, 0.15) is 5.54 Å². The van der Waals surface area contributed by atoms with E-state index in [1.807, 2.05) is 0 Å². The molecule has 2 aliphatic rings. The molecule has 0 aromatic heterocycles. The molecule has 176 valence electrons. The molecule has 0 aliphatic heterocycles. The molecule has 0 bridgehead atoms. The number of ether oxygens (including phenoxy) is 1. The highest BCUT2D eigenvalue weighted by Gasteiger charge is 2.36. The number of nitriles is 1. The molecule has 2 atom stereocenters. The third-order valence-electron chi connectivity index (χ3n) is 6.80. The SMILES string of the molecule is CC(C#N)(COCC1CCCC2(CCCC2)CC1)NC(=O)c1ccc(SC(F)(F)F)cc1. The van der Waals surface area contributed by atoms with E-state index in [2.05, 4.69) is 11.4 Å². The first-order valence-corrected chi connectivity index (χ1v) is 12.1. The quantitative estimate of drug-likeness (QED) is 0.466. The topological polar surface area (TPSA) is 62.1 Å². The summed E-state index contributed by atoms with van der Waals surface area (Å²) in [5, 5.41) is 12.3. The monoisotopic (exact) mass is 468 g/mol. The Morgan fingerprint density at radius 3 is 2.44 bits per heavy atom. The summed E-state index contributed by atoms with van der Waals surface area (Å²) in [6, 6.07) is 7.25. The number of rotatable bonds is 7. The van der Waals surface area contributed by atoms with Gasteiger partial charge in [0.25, 0.3) is 5.91 Å². The number of amides is 1. The van der Waals surface area contributed by atoms with Crippen LogP contribution in [0.15, 0.2) is 29.2 Å². The van der Waals surface area contributed by atoms with Crippen molar-refractivity contribution in [3.05, 3.63) is 29.8 Å². The minimum Gasteiger partial charge on any atom is -0.378 e. The van der Waals surface area contributed by atoms with Crippen molar-refractivity contribution in [3.8, 4) is 6.07 Å². The van der Waals surface area contributed by atoms with E-state index in [0.717, 1.165) is 12.8 Å². The van der Waals surface area contributed by atoms with Gasteiger partial charge in [-0.15, -0.1) is 0 Å².